The average molecular weight is 344 g/mol. The van der Waals surface area contributed by atoms with E-state index in [-0.39, 0.29) is 6.54 Å². The molecule has 132 valence electrons. The molecule has 0 radical (unpaired) electrons. The maximum atomic E-state index is 12.1. The van der Waals surface area contributed by atoms with E-state index in [2.05, 4.69) is 10.1 Å². The van der Waals surface area contributed by atoms with Crippen LogP contribution in [-0.2, 0) is 27.9 Å². The summed E-state index contributed by atoms with van der Waals surface area (Å²) in [6.07, 6.45) is 0.802. The highest BCUT2D eigenvalue weighted by atomic mass is 16.5. The van der Waals surface area contributed by atoms with Gasteiger partial charge in [-0.25, -0.2) is 9.59 Å². The Morgan fingerprint density at radius 1 is 1.12 bits per heavy atom. The van der Waals surface area contributed by atoms with Crippen molar-refractivity contribution in [2.24, 2.45) is 7.05 Å². The van der Waals surface area contributed by atoms with Gasteiger partial charge in [0.25, 0.3) is 5.91 Å². The maximum absolute atomic E-state index is 12.1. The van der Waals surface area contributed by atoms with Crippen LogP contribution in [0.1, 0.15) is 33.3 Å². The summed E-state index contributed by atoms with van der Waals surface area (Å²) >= 11 is 0. The van der Waals surface area contributed by atoms with E-state index in [9.17, 15) is 14.4 Å². The van der Waals surface area contributed by atoms with Gasteiger partial charge >= 0.3 is 11.9 Å². The lowest BCUT2D eigenvalue weighted by atomic mass is 10.1. The summed E-state index contributed by atoms with van der Waals surface area (Å²) < 4.78 is 11.4. The van der Waals surface area contributed by atoms with Crippen LogP contribution in [0.25, 0.3) is 0 Å². The molecule has 0 fully saturated rings. The molecule has 0 aliphatic heterocycles. The molecule has 0 saturated heterocycles. The molecule has 0 spiro atoms. The summed E-state index contributed by atoms with van der Waals surface area (Å²) in [5.41, 5.74) is 1.61. The predicted molar refractivity (Wildman–Crippen MR) is 89.9 cm³/mol. The minimum Gasteiger partial charge on any atom is -0.465 e. The summed E-state index contributed by atoms with van der Waals surface area (Å²) in [6.45, 7) is 1.77. The van der Waals surface area contributed by atoms with E-state index < -0.39 is 23.9 Å². The molecule has 1 atom stereocenters. The molecule has 1 amide bonds. The average Bonchev–Trinajstić information content (AvgIpc) is 3.05. The Morgan fingerprint density at radius 2 is 1.80 bits per heavy atom. The van der Waals surface area contributed by atoms with Gasteiger partial charge in [-0.3, -0.25) is 4.79 Å². The van der Waals surface area contributed by atoms with Gasteiger partial charge in [0.15, 0.2) is 6.10 Å². The van der Waals surface area contributed by atoms with Gasteiger partial charge in [0.2, 0.25) is 0 Å². The fourth-order valence-corrected chi connectivity index (χ4v) is 2.16. The molecule has 1 N–H and O–H groups in total. The van der Waals surface area contributed by atoms with E-state index >= 15 is 0 Å². The quantitative estimate of drug-likeness (QED) is 0.806. The number of esters is 2. The van der Waals surface area contributed by atoms with Crippen molar-refractivity contribution in [3.63, 3.8) is 0 Å². The molecule has 7 nitrogen and oxygen atoms in total. The third-order valence-corrected chi connectivity index (χ3v) is 3.65. The summed E-state index contributed by atoms with van der Waals surface area (Å²) in [7, 11) is 3.04. The molecule has 0 bridgehead atoms. The number of nitrogens with zero attached hydrogens (tertiary/aromatic N) is 1. The van der Waals surface area contributed by atoms with Crippen LogP contribution in [0.4, 0.5) is 0 Å². The topological polar surface area (TPSA) is 86.6 Å². The van der Waals surface area contributed by atoms with Gasteiger partial charge in [0.05, 0.1) is 12.7 Å². The summed E-state index contributed by atoms with van der Waals surface area (Å²) in [4.78, 5) is 35.4. The zero-order valence-corrected chi connectivity index (χ0v) is 14.3. The molecule has 2 rings (SSSR count). The third-order valence-electron chi connectivity index (χ3n) is 3.65. The summed E-state index contributed by atoms with van der Waals surface area (Å²) in [6, 6.07) is 10.0. The van der Waals surface area contributed by atoms with Gasteiger partial charge in [0, 0.05) is 19.8 Å². The van der Waals surface area contributed by atoms with Crippen molar-refractivity contribution in [1.82, 2.24) is 9.88 Å². The van der Waals surface area contributed by atoms with Gasteiger partial charge in [-0.1, -0.05) is 12.1 Å². The molecule has 2 aromatic rings. The Kier molecular flexibility index (Phi) is 5.94. The van der Waals surface area contributed by atoms with Crippen LogP contribution in [0.15, 0.2) is 42.6 Å². The number of hydrogen-bond acceptors (Lipinski definition) is 5. The first-order valence-corrected chi connectivity index (χ1v) is 7.69. The van der Waals surface area contributed by atoms with Crippen molar-refractivity contribution >= 4 is 17.8 Å². The molecule has 0 aliphatic carbocycles. The largest absolute Gasteiger partial charge is 0.465 e. The van der Waals surface area contributed by atoms with Gasteiger partial charge < -0.3 is 19.4 Å². The highest BCUT2D eigenvalue weighted by Crippen LogP contribution is 2.07. The molecule has 1 aromatic carbocycles. The molecule has 0 aliphatic rings. The second-order valence-corrected chi connectivity index (χ2v) is 5.46. The van der Waals surface area contributed by atoms with Crippen molar-refractivity contribution in [3.8, 4) is 0 Å². The van der Waals surface area contributed by atoms with E-state index in [1.807, 2.05) is 0 Å². The predicted octanol–water partition coefficient (Wildman–Crippen LogP) is 1.67. The lowest BCUT2D eigenvalue weighted by Gasteiger charge is -2.14. The first-order valence-electron chi connectivity index (χ1n) is 7.69. The van der Waals surface area contributed by atoms with E-state index in [1.54, 1.807) is 54.2 Å². The minimum atomic E-state index is -0.920. The van der Waals surface area contributed by atoms with Gasteiger partial charge in [-0.05, 0) is 36.8 Å². The molecular formula is C18H20N2O5. The number of carbonyl (C=O) groups is 3. The fraction of sp³-hybridized carbons (Fsp3) is 0.278. The van der Waals surface area contributed by atoms with Crippen molar-refractivity contribution in [1.29, 1.82) is 0 Å². The number of amides is 1. The van der Waals surface area contributed by atoms with Crippen LogP contribution in [0.5, 0.6) is 0 Å². The van der Waals surface area contributed by atoms with Gasteiger partial charge in [0.1, 0.15) is 5.69 Å². The van der Waals surface area contributed by atoms with Crippen molar-refractivity contribution < 1.29 is 23.9 Å². The minimum absolute atomic E-state index is 0.256. The first kappa shape index (κ1) is 18.3. The van der Waals surface area contributed by atoms with Crippen LogP contribution in [-0.4, -0.2) is 35.6 Å². The molecule has 1 heterocycles. The number of methoxy groups -OCH3 is 1. The van der Waals surface area contributed by atoms with E-state index in [4.69, 9.17) is 4.74 Å². The number of benzene rings is 1. The van der Waals surface area contributed by atoms with E-state index in [0.29, 0.717) is 11.3 Å². The Balaban J connectivity index is 1.86. The number of rotatable bonds is 6. The first-order chi connectivity index (χ1) is 11.9. The van der Waals surface area contributed by atoms with Crippen molar-refractivity contribution in [2.45, 2.75) is 19.6 Å². The second kappa shape index (κ2) is 8.14. The number of carbonyl (C=O) groups excluding carboxylic acids is 3. The Hall–Kier alpha value is -3.09. The normalized spacial score (nSPS) is 11.5. The highest BCUT2D eigenvalue weighted by Gasteiger charge is 2.20. The van der Waals surface area contributed by atoms with Crippen LogP contribution in [0, 0.1) is 0 Å². The van der Waals surface area contributed by atoms with Crippen LogP contribution >= 0.6 is 0 Å². The Bertz CT molecular complexity index is 764. The summed E-state index contributed by atoms with van der Waals surface area (Å²) in [5.74, 6) is -1.38. The molecule has 25 heavy (non-hydrogen) atoms. The zero-order chi connectivity index (χ0) is 18.4. The van der Waals surface area contributed by atoms with Crippen molar-refractivity contribution in [3.05, 3.63) is 59.4 Å². The molecular weight excluding hydrogens is 324 g/mol. The molecule has 0 unspecified atom stereocenters. The molecule has 1 aromatic heterocycles. The monoisotopic (exact) mass is 344 g/mol. The van der Waals surface area contributed by atoms with Gasteiger partial charge in [-0.15, -0.1) is 0 Å². The van der Waals surface area contributed by atoms with Gasteiger partial charge in [-0.2, -0.15) is 0 Å². The number of nitrogens with one attached hydrogen (secondary N) is 1. The Morgan fingerprint density at radius 3 is 2.36 bits per heavy atom. The summed E-state index contributed by atoms with van der Waals surface area (Å²) in [5, 5.41) is 2.69. The van der Waals surface area contributed by atoms with Crippen LogP contribution in [0.3, 0.4) is 0 Å². The number of aromatic nitrogens is 1. The SMILES string of the molecule is COC(=O)c1ccc(CNC(=O)[C@@H](C)OC(=O)c2cccn2C)cc1. The number of hydrogen-bond donors (Lipinski definition) is 1. The van der Waals surface area contributed by atoms with Crippen LogP contribution < -0.4 is 5.32 Å². The van der Waals surface area contributed by atoms with E-state index in [1.165, 1.54) is 14.0 Å². The maximum Gasteiger partial charge on any atom is 0.355 e. The standard InChI is InChI=1S/C18H20N2O5/c1-12(25-18(23)15-5-4-10-20(15)2)16(21)19-11-13-6-8-14(9-7-13)17(22)24-3/h4-10,12H,11H2,1-3H3,(H,19,21)/t12-/m1/s1. The number of ether oxygens (including phenoxy) is 2. The zero-order valence-electron chi connectivity index (χ0n) is 14.3. The van der Waals surface area contributed by atoms with E-state index in [0.717, 1.165) is 5.56 Å². The Labute approximate surface area is 145 Å². The number of aryl methyl sites for hydroxylation is 1. The molecule has 0 saturated carbocycles. The van der Waals surface area contributed by atoms with Crippen molar-refractivity contribution in [2.75, 3.05) is 7.11 Å². The highest BCUT2D eigenvalue weighted by molar-refractivity contribution is 5.91. The second-order valence-electron chi connectivity index (χ2n) is 5.46. The lowest BCUT2D eigenvalue weighted by molar-refractivity contribution is -0.129. The molecule has 7 heteroatoms. The fourth-order valence-electron chi connectivity index (χ4n) is 2.16. The smallest absolute Gasteiger partial charge is 0.355 e. The third kappa shape index (κ3) is 4.69. The lowest BCUT2D eigenvalue weighted by Crippen LogP contribution is -2.35. The van der Waals surface area contributed by atoms with Crippen LogP contribution in [0.2, 0.25) is 0 Å².